The van der Waals surface area contributed by atoms with Crippen LogP contribution in [0.4, 0.5) is 11.4 Å². The summed E-state index contributed by atoms with van der Waals surface area (Å²) >= 11 is 2.27. The van der Waals surface area contributed by atoms with E-state index in [1.807, 2.05) is 37.3 Å². The molecule has 9 nitrogen and oxygen atoms in total. The van der Waals surface area contributed by atoms with Crippen molar-refractivity contribution in [1.29, 1.82) is 0 Å². The number of ether oxygens (including phenoxy) is 2. The molecule has 2 aliphatic rings. The summed E-state index contributed by atoms with van der Waals surface area (Å²) in [7, 11) is 1.49. The van der Waals surface area contributed by atoms with Gasteiger partial charge < -0.3 is 19.8 Å². The topological polar surface area (TPSA) is 118 Å². The summed E-state index contributed by atoms with van der Waals surface area (Å²) in [6, 6.07) is 21.5. The van der Waals surface area contributed by atoms with E-state index in [0.29, 0.717) is 38.3 Å². The van der Waals surface area contributed by atoms with Crippen LogP contribution in [0.1, 0.15) is 21.9 Å². The Bertz CT molecular complexity index is 1700. The highest BCUT2D eigenvalue weighted by atomic mass is 32.2. The normalized spacial score (nSPS) is 19.5. The van der Waals surface area contributed by atoms with Crippen LogP contribution in [0.25, 0.3) is 0 Å². The quantitative estimate of drug-likeness (QED) is 0.304. The zero-order valence-electron chi connectivity index (χ0n) is 22.1. The number of hydrogen-bond donors (Lipinski definition) is 2. The molecule has 3 aromatic carbocycles. The average Bonchev–Trinajstić information content (AvgIpc) is 3.47. The van der Waals surface area contributed by atoms with Gasteiger partial charge in [0.1, 0.15) is 5.25 Å². The van der Waals surface area contributed by atoms with E-state index in [2.05, 4.69) is 10.3 Å². The van der Waals surface area contributed by atoms with Gasteiger partial charge in [-0.3, -0.25) is 19.2 Å². The Morgan fingerprint density at radius 1 is 0.976 bits per heavy atom. The van der Waals surface area contributed by atoms with E-state index in [1.165, 1.54) is 23.8 Å². The van der Waals surface area contributed by atoms with Gasteiger partial charge in [0, 0.05) is 16.5 Å². The number of methoxy groups -OCH3 is 1. The number of aromatic nitrogens is 1. The SMILES string of the molecule is COc1cc([C@H]2c3sc(=O)[nH]c3SC3C(=O)N(c4ccc(C)cc4)C(=O)C32)ccc1OCC(=O)Nc1ccccc1. The number of carbonyl (C=O) groups is 3. The molecule has 3 amide bonds. The minimum atomic E-state index is -0.721. The minimum Gasteiger partial charge on any atom is -0.493 e. The van der Waals surface area contributed by atoms with Gasteiger partial charge in [0.2, 0.25) is 11.8 Å². The number of amides is 3. The molecule has 2 unspecified atom stereocenters. The molecule has 0 radical (unpaired) electrons. The molecule has 3 atom stereocenters. The Hall–Kier alpha value is -4.35. The number of thioether (sulfide) groups is 1. The van der Waals surface area contributed by atoms with Crippen LogP contribution in [0.3, 0.4) is 0 Å². The maximum atomic E-state index is 13.9. The Kier molecular flexibility index (Phi) is 7.14. The lowest BCUT2D eigenvalue weighted by molar-refractivity contribution is -0.122. The third-order valence-corrected chi connectivity index (χ3v) is 9.48. The summed E-state index contributed by atoms with van der Waals surface area (Å²) in [6.07, 6.45) is 0. The average molecular weight is 588 g/mol. The Morgan fingerprint density at radius 3 is 2.46 bits per heavy atom. The molecule has 0 bridgehead atoms. The fourth-order valence-corrected chi connectivity index (χ4v) is 7.70. The summed E-state index contributed by atoms with van der Waals surface area (Å²) in [5.41, 5.74) is 2.89. The molecule has 0 spiro atoms. The standard InChI is InChI=1S/C30H25N3O6S2/c1-16-8-11-19(12-9-16)33-28(35)24-23(25-27(32-30(37)41-25)40-26(24)29(33)36)17-10-13-20(21(14-17)38-2)39-15-22(34)31-18-6-4-3-5-7-18/h3-14,23-24,26H,15H2,1-2H3,(H,31,34)(H,32,37)/t23-,24?,26?/m1/s1. The first kappa shape index (κ1) is 26.9. The van der Waals surface area contributed by atoms with Crippen LogP contribution in [0, 0.1) is 12.8 Å². The molecule has 3 heterocycles. The first-order chi connectivity index (χ1) is 19.8. The van der Waals surface area contributed by atoms with E-state index in [9.17, 15) is 19.2 Å². The number of H-pyrrole nitrogens is 1. The van der Waals surface area contributed by atoms with Crippen molar-refractivity contribution in [3.63, 3.8) is 0 Å². The van der Waals surface area contributed by atoms with Crippen molar-refractivity contribution in [2.45, 2.75) is 23.1 Å². The van der Waals surface area contributed by atoms with Gasteiger partial charge in [-0.2, -0.15) is 0 Å². The molecule has 0 aliphatic carbocycles. The summed E-state index contributed by atoms with van der Waals surface area (Å²) in [6.45, 7) is 1.70. The number of thiazole rings is 1. The number of anilines is 2. The van der Waals surface area contributed by atoms with Gasteiger partial charge in [-0.15, -0.1) is 0 Å². The number of carbonyl (C=O) groups excluding carboxylic acids is 3. The predicted molar refractivity (Wildman–Crippen MR) is 157 cm³/mol. The van der Waals surface area contributed by atoms with Gasteiger partial charge in [-0.05, 0) is 48.9 Å². The van der Waals surface area contributed by atoms with Crippen molar-refractivity contribution in [3.8, 4) is 11.5 Å². The second-order valence-corrected chi connectivity index (χ2v) is 11.9. The van der Waals surface area contributed by atoms with Gasteiger partial charge >= 0.3 is 4.87 Å². The molecule has 208 valence electrons. The largest absolute Gasteiger partial charge is 0.493 e. The van der Waals surface area contributed by atoms with Crippen LogP contribution >= 0.6 is 23.1 Å². The van der Waals surface area contributed by atoms with Crippen LogP contribution in [0.15, 0.2) is 82.6 Å². The van der Waals surface area contributed by atoms with Gasteiger partial charge in [0.05, 0.1) is 23.7 Å². The molecule has 6 rings (SSSR count). The number of aryl methyl sites for hydroxylation is 1. The Morgan fingerprint density at radius 2 is 1.73 bits per heavy atom. The van der Waals surface area contributed by atoms with E-state index in [0.717, 1.165) is 16.9 Å². The van der Waals surface area contributed by atoms with Gasteiger partial charge in [-0.1, -0.05) is 65.1 Å². The lowest BCUT2D eigenvalue weighted by Gasteiger charge is -2.30. The molecule has 4 aromatic rings. The molecular weight excluding hydrogens is 562 g/mol. The van der Waals surface area contributed by atoms with Crippen LogP contribution in [-0.2, 0) is 14.4 Å². The van der Waals surface area contributed by atoms with Crippen molar-refractivity contribution in [3.05, 3.63) is 98.5 Å². The second kappa shape index (κ2) is 10.9. The van der Waals surface area contributed by atoms with Crippen molar-refractivity contribution in [2.75, 3.05) is 23.9 Å². The summed E-state index contributed by atoms with van der Waals surface area (Å²) < 4.78 is 11.4. The van der Waals surface area contributed by atoms with Crippen LogP contribution in [-0.4, -0.2) is 41.7 Å². The Labute approximate surface area is 243 Å². The number of nitrogens with one attached hydrogen (secondary N) is 2. The second-order valence-electron chi connectivity index (χ2n) is 9.71. The minimum absolute atomic E-state index is 0.239. The third kappa shape index (κ3) is 5.02. The zero-order valence-corrected chi connectivity index (χ0v) is 23.7. The highest BCUT2D eigenvalue weighted by Gasteiger charge is 2.56. The number of rotatable bonds is 7. The number of para-hydroxylation sites is 1. The summed E-state index contributed by atoms with van der Waals surface area (Å²) in [5.74, 6) is -1.53. The van der Waals surface area contributed by atoms with Gasteiger partial charge in [0.15, 0.2) is 18.1 Å². The van der Waals surface area contributed by atoms with Crippen LogP contribution in [0.5, 0.6) is 11.5 Å². The fraction of sp³-hybridized carbons (Fsp3) is 0.200. The van der Waals surface area contributed by atoms with Crippen molar-refractivity contribution in [2.24, 2.45) is 5.92 Å². The van der Waals surface area contributed by atoms with E-state index in [4.69, 9.17) is 9.47 Å². The Balaban J connectivity index is 1.31. The molecule has 41 heavy (non-hydrogen) atoms. The lowest BCUT2D eigenvalue weighted by atomic mass is 9.83. The molecule has 0 saturated carbocycles. The van der Waals surface area contributed by atoms with E-state index in [1.54, 1.807) is 42.5 Å². The summed E-state index contributed by atoms with van der Waals surface area (Å²) in [4.78, 5) is 56.8. The monoisotopic (exact) mass is 587 g/mol. The summed E-state index contributed by atoms with van der Waals surface area (Å²) in [5, 5.41) is 2.66. The number of imide groups is 1. The van der Waals surface area contributed by atoms with Crippen molar-refractivity contribution in [1.82, 2.24) is 4.98 Å². The maximum Gasteiger partial charge on any atom is 0.305 e. The highest BCUT2D eigenvalue weighted by molar-refractivity contribution is 8.00. The van der Waals surface area contributed by atoms with E-state index >= 15 is 0 Å². The maximum absolute atomic E-state index is 13.9. The molecule has 1 fully saturated rings. The molecule has 2 aliphatic heterocycles. The molecule has 2 N–H and O–H groups in total. The predicted octanol–water partition coefficient (Wildman–Crippen LogP) is 4.57. The van der Waals surface area contributed by atoms with Crippen LogP contribution in [0.2, 0.25) is 0 Å². The van der Waals surface area contributed by atoms with E-state index in [-0.39, 0.29) is 29.2 Å². The molecular formula is C30H25N3O6S2. The smallest absolute Gasteiger partial charge is 0.305 e. The number of benzene rings is 3. The number of aromatic amines is 1. The molecule has 1 saturated heterocycles. The molecule has 1 aromatic heterocycles. The van der Waals surface area contributed by atoms with Gasteiger partial charge in [-0.25, -0.2) is 4.90 Å². The molecule has 11 heteroatoms. The van der Waals surface area contributed by atoms with Crippen molar-refractivity contribution >= 4 is 52.2 Å². The zero-order chi connectivity index (χ0) is 28.7. The lowest BCUT2D eigenvalue weighted by Crippen LogP contribution is -2.32. The third-order valence-electron chi connectivity index (χ3n) is 7.08. The number of fused-ring (bicyclic) bond motifs is 2. The number of hydrogen-bond acceptors (Lipinski definition) is 8. The fourth-order valence-electron chi connectivity index (χ4n) is 5.18. The number of nitrogens with zero attached hydrogens (tertiary/aromatic N) is 1. The van der Waals surface area contributed by atoms with Crippen molar-refractivity contribution < 1.29 is 23.9 Å². The first-order valence-electron chi connectivity index (χ1n) is 12.8. The highest BCUT2D eigenvalue weighted by Crippen LogP contribution is 2.53. The van der Waals surface area contributed by atoms with Gasteiger partial charge in [0.25, 0.3) is 5.91 Å². The first-order valence-corrected chi connectivity index (χ1v) is 14.5. The van der Waals surface area contributed by atoms with Crippen LogP contribution < -0.4 is 24.6 Å². The van der Waals surface area contributed by atoms with E-state index < -0.39 is 17.1 Å².